The molecule has 1 atom stereocenters. The van der Waals surface area contributed by atoms with Crippen LogP contribution in [-0.4, -0.2) is 41.8 Å². The molecule has 84 valence electrons. The summed E-state index contributed by atoms with van der Waals surface area (Å²) in [4.78, 5) is 0. The average Bonchev–Trinajstić information content (AvgIpc) is 2.88. The van der Waals surface area contributed by atoms with E-state index < -0.39 is 0 Å². The lowest BCUT2D eigenvalue weighted by atomic mass is 10.2. The quantitative estimate of drug-likeness (QED) is 0.606. The summed E-state index contributed by atoms with van der Waals surface area (Å²) in [5.41, 5.74) is 1.77. The van der Waals surface area contributed by atoms with Gasteiger partial charge in [0, 0.05) is 25.4 Å². The van der Waals surface area contributed by atoms with Crippen LogP contribution < -0.4 is 5.32 Å². The van der Waals surface area contributed by atoms with Crippen molar-refractivity contribution in [2.45, 2.75) is 23.3 Å². The Balaban J connectivity index is 1.48. The lowest BCUT2D eigenvalue weighted by Crippen LogP contribution is -2.27. The molecule has 1 unspecified atom stereocenters. The maximum atomic E-state index is 5.52. The van der Waals surface area contributed by atoms with Gasteiger partial charge >= 0.3 is 0 Å². The van der Waals surface area contributed by atoms with Gasteiger partial charge in [0.05, 0.1) is 6.10 Å². The molecule has 1 aromatic rings. The maximum absolute atomic E-state index is 5.52. The Morgan fingerprint density at radius 3 is 3.40 bits per heavy atom. The van der Waals surface area contributed by atoms with Gasteiger partial charge in [-0.2, -0.15) is 0 Å². The molecular weight excluding hydrogens is 230 g/mol. The molecule has 1 aliphatic rings. The van der Waals surface area contributed by atoms with Crippen molar-refractivity contribution in [3.63, 3.8) is 0 Å². The molecule has 0 radical (unpaired) electrons. The van der Waals surface area contributed by atoms with Crippen LogP contribution in [0.1, 0.15) is 12.8 Å². The molecule has 4 nitrogen and oxygen atoms in total. The zero-order valence-electron chi connectivity index (χ0n) is 8.52. The van der Waals surface area contributed by atoms with Crippen LogP contribution in [0.25, 0.3) is 0 Å². The van der Waals surface area contributed by atoms with E-state index in [1.165, 1.54) is 12.8 Å². The molecule has 1 fully saturated rings. The van der Waals surface area contributed by atoms with Gasteiger partial charge in [-0.15, -0.1) is 10.2 Å². The number of nitrogens with zero attached hydrogens (tertiary/aromatic N) is 2. The molecule has 0 aromatic carbocycles. The summed E-state index contributed by atoms with van der Waals surface area (Å²) in [7, 11) is 0. The lowest BCUT2D eigenvalue weighted by Gasteiger charge is -2.09. The van der Waals surface area contributed by atoms with Crippen LogP contribution in [0.4, 0.5) is 0 Å². The van der Waals surface area contributed by atoms with Crippen LogP contribution in [0.3, 0.4) is 0 Å². The monoisotopic (exact) mass is 245 g/mol. The molecule has 0 amide bonds. The van der Waals surface area contributed by atoms with Crippen molar-refractivity contribution in [1.82, 2.24) is 15.5 Å². The zero-order valence-corrected chi connectivity index (χ0v) is 10.1. The van der Waals surface area contributed by atoms with Crippen LogP contribution >= 0.6 is 23.1 Å². The first-order valence-electron chi connectivity index (χ1n) is 5.16. The molecule has 6 heteroatoms. The third kappa shape index (κ3) is 4.06. The summed E-state index contributed by atoms with van der Waals surface area (Å²) in [6.45, 7) is 2.92. The van der Waals surface area contributed by atoms with Gasteiger partial charge in [-0.3, -0.25) is 0 Å². The normalized spacial score (nSPS) is 20.9. The fourth-order valence-corrected chi connectivity index (χ4v) is 2.96. The molecule has 15 heavy (non-hydrogen) atoms. The van der Waals surface area contributed by atoms with E-state index in [2.05, 4.69) is 15.5 Å². The molecular formula is C9H15N3OS2. The molecule has 0 aliphatic carbocycles. The minimum atomic E-state index is 0.441. The van der Waals surface area contributed by atoms with E-state index in [9.17, 15) is 0 Å². The second-order valence-corrected chi connectivity index (χ2v) is 5.57. The van der Waals surface area contributed by atoms with E-state index in [1.807, 2.05) is 0 Å². The minimum Gasteiger partial charge on any atom is -0.377 e. The van der Waals surface area contributed by atoms with Crippen LogP contribution in [-0.2, 0) is 4.74 Å². The Morgan fingerprint density at radius 2 is 2.67 bits per heavy atom. The Kier molecular flexibility index (Phi) is 4.85. The Morgan fingerprint density at radius 1 is 1.67 bits per heavy atom. The van der Waals surface area contributed by atoms with Gasteiger partial charge in [0.25, 0.3) is 0 Å². The highest BCUT2D eigenvalue weighted by molar-refractivity contribution is 8.01. The highest BCUT2D eigenvalue weighted by atomic mass is 32.2. The fourth-order valence-electron chi connectivity index (χ4n) is 1.50. The van der Waals surface area contributed by atoms with Gasteiger partial charge in [0.15, 0.2) is 4.34 Å². The summed E-state index contributed by atoms with van der Waals surface area (Å²) >= 11 is 3.35. The number of ether oxygens (including phenoxy) is 1. The van der Waals surface area contributed by atoms with Gasteiger partial charge in [0.1, 0.15) is 5.51 Å². The van der Waals surface area contributed by atoms with Gasteiger partial charge in [-0.05, 0) is 12.8 Å². The number of aromatic nitrogens is 2. The molecule has 2 heterocycles. The van der Waals surface area contributed by atoms with E-state index in [1.54, 1.807) is 28.6 Å². The third-order valence-electron chi connectivity index (χ3n) is 2.24. The number of hydrogen-bond donors (Lipinski definition) is 1. The topological polar surface area (TPSA) is 47.0 Å². The van der Waals surface area contributed by atoms with Gasteiger partial charge in [0.2, 0.25) is 0 Å². The van der Waals surface area contributed by atoms with Gasteiger partial charge < -0.3 is 10.1 Å². The molecule has 1 N–H and O–H groups in total. The summed E-state index contributed by atoms with van der Waals surface area (Å²) < 4.78 is 6.57. The number of hydrogen-bond acceptors (Lipinski definition) is 6. The first kappa shape index (κ1) is 11.3. The van der Waals surface area contributed by atoms with Crippen molar-refractivity contribution in [3.05, 3.63) is 5.51 Å². The molecule has 1 aliphatic heterocycles. The van der Waals surface area contributed by atoms with Gasteiger partial charge in [-0.1, -0.05) is 23.1 Å². The Bertz CT molecular complexity index is 262. The van der Waals surface area contributed by atoms with Crippen LogP contribution in [0.5, 0.6) is 0 Å². The summed E-state index contributed by atoms with van der Waals surface area (Å²) in [5.74, 6) is 1.04. The first-order valence-corrected chi connectivity index (χ1v) is 7.03. The largest absolute Gasteiger partial charge is 0.377 e. The smallest absolute Gasteiger partial charge is 0.174 e. The maximum Gasteiger partial charge on any atom is 0.174 e. The highest BCUT2D eigenvalue weighted by Crippen LogP contribution is 2.17. The first-order chi connectivity index (χ1) is 7.45. The summed E-state index contributed by atoms with van der Waals surface area (Å²) in [6.07, 6.45) is 2.86. The highest BCUT2D eigenvalue weighted by Gasteiger charge is 2.14. The molecule has 0 saturated carbocycles. The van der Waals surface area contributed by atoms with Crippen molar-refractivity contribution in [1.29, 1.82) is 0 Å². The van der Waals surface area contributed by atoms with Crippen molar-refractivity contribution < 1.29 is 4.74 Å². The van der Waals surface area contributed by atoms with E-state index >= 15 is 0 Å². The molecule has 0 spiro atoms. The van der Waals surface area contributed by atoms with Crippen LogP contribution in [0, 0.1) is 0 Å². The molecule has 1 aromatic heterocycles. The summed E-state index contributed by atoms with van der Waals surface area (Å²) in [5, 5.41) is 11.2. The Hall–Kier alpha value is -0.170. The zero-order chi connectivity index (χ0) is 10.3. The van der Waals surface area contributed by atoms with Crippen molar-refractivity contribution in [2.24, 2.45) is 0 Å². The van der Waals surface area contributed by atoms with Crippen LogP contribution in [0.2, 0.25) is 0 Å². The average molecular weight is 245 g/mol. The Labute approximate surface area is 97.8 Å². The predicted molar refractivity (Wildman–Crippen MR) is 62.5 cm³/mol. The van der Waals surface area contributed by atoms with E-state index in [0.29, 0.717) is 6.10 Å². The van der Waals surface area contributed by atoms with Crippen molar-refractivity contribution in [2.75, 3.05) is 25.4 Å². The van der Waals surface area contributed by atoms with Crippen molar-refractivity contribution >= 4 is 23.1 Å². The van der Waals surface area contributed by atoms with Crippen LogP contribution in [0.15, 0.2) is 9.85 Å². The standard InChI is InChI=1S/C9H15N3OS2/c1-2-8(13-4-1)6-10-3-5-14-9-12-11-7-15-9/h7-8,10H,1-6H2. The molecule has 2 rings (SSSR count). The van der Waals surface area contributed by atoms with E-state index in [4.69, 9.17) is 4.74 Å². The SMILES string of the molecule is c1nnc(SCCNCC2CCCO2)s1. The van der Waals surface area contributed by atoms with Gasteiger partial charge in [-0.25, -0.2) is 0 Å². The number of thioether (sulfide) groups is 1. The second-order valence-electron chi connectivity index (χ2n) is 3.39. The van der Waals surface area contributed by atoms with E-state index in [-0.39, 0.29) is 0 Å². The molecule has 0 bridgehead atoms. The lowest BCUT2D eigenvalue weighted by molar-refractivity contribution is 0.110. The number of rotatable bonds is 6. The predicted octanol–water partition coefficient (Wildman–Crippen LogP) is 1.40. The van der Waals surface area contributed by atoms with Crippen molar-refractivity contribution in [3.8, 4) is 0 Å². The minimum absolute atomic E-state index is 0.441. The number of nitrogens with one attached hydrogen (secondary N) is 1. The van der Waals surface area contributed by atoms with E-state index in [0.717, 1.165) is 29.8 Å². The second kappa shape index (κ2) is 6.42. The third-order valence-corrected chi connectivity index (χ3v) is 4.10. The summed E-state index contributed by atoms with van der Waals surface area (Å²) in [6, 6.07) is 0. The fraction of sp³-hybridized carbons (Fsp3) is 0.778. The molecule has 1 saturated heterocycles.